The lowest BCUT2D eigenvalue weighted by molar-refractivity contribution is 0.753. The molecule has 0 aromatic rings. The number of hydrogen-bond acceptors (Lipinski definition) is 0. The minimum atomic E-state index is 1.11. The summed E-state index contributed by atoms with van der Waals surface area (Å²) in [5.74, 6) is 0. The Kier molecular flexibility index (Phi) is 8.72. The highest BCUT2D eigenvalue weighted by Crippen LogP contribution is 2.17. The molecule has 0 spiro atoms. The van der Waals surface area contributed by atoms with Crippen LogP contribution in [0.1, 0.15) is 65.7 Å². The van der Waals surface area contributed by atoms with Gasteiger partial charge in [-0.3, -0.25) is 0 Å². The van der Waals surface area contributed by atoms with Gasteiger partial charge in [-0.15, -0.1) is 0 Å². The van der Waals surface area contributed by atoms with E-state index in [0.29, 0.717) is 0 Å². The first kappa shape index (κ1) is 13.5. The zero-order chi connectivity index (χ0) is 10.8. The third-order valence-corrected chi connectivity index (χ3v) is 2.37. The van der Waals surface area contributed by atoms with Crippen LogP contribution in [-0.4, -0.2) is 0 Å². The van der Waals surface area contributed by atoms with Crippen LogP contribution in [-0.2, 0) is 0 Å². The summed E-state index contributed by atoms with van der Waals surface area (Å²) in [6, 6.07) is 0. The molecule has 0 aliphatic carbocycles. The Labute approximate surface area is 90.1 Å². The van der Waals surface area contributed by atoms with E-state index in [4.69, 9.17) is 0 Å². The standard InChI is InChI=1S/C14H26/c1-5-7-9-11-14(10-8-6-2)12-13(3)4/h11H,3,5-10,12H2,1-2,4H3. The zero-order valence-electron chi connectivity index (χ0n) is 10.2. The van der Waals surface area contributed by atoms with Gasteiger partial charge in [0.2, 0.25) is 0 Å². The molecular weight excluding hydrogens is 168 g/mol. The highest BCUT2D eigenvalue weighted by Gasteiger charge is 1.97. The van der Waals surface area contributed by atoms with Crippen molar-refractivity contribution in [3.63, 3.8) is 0 Å². The molecule has 0 saturated carbocycles. The fourth-order valence-corrected chi connectivity index (χ4v) is 1.56. The molecule has 0 radical (unpaired) electrons. The molecule has 14 heavy (non-hydrogen) atoms. The van der Waals surface area contributed by atoms with E-state index in [-0.39, 0.29) is 0 Å². The lowest BCUT2D eigenvalue weighted by atomic mass is 10.0. The highest BCUT2D eigenvalue weighted by atomic mass is 14.0. The Hall–Kier alpha value is -0.520. The number of rotatable bonds is 8. The predicted molar refractivity (Wildman–Crippen MR) is 66.6 cm³/mol. The number of unbranched alkanes of at least 4 members (excludes halogenated alkanes) is 3. The van der Waals surface area contributed by atoms with Crippen LogP contribution >= 0.6 is 0 Å². The van der Waals surface area contributed by atoms with Gasteiger partial charge in [0, 0.05) is 0 Å². The van der Waals surface area contributed by atoms with E-state index in [1.54, 1.807) is 5.57 Å². The molecule has 0 rings (SSSR count). The van der Waals surface area contributed by atoms with E-state index in [9.17, 15) is 0 Å². The molecule has 0 saturated heterocycles. The quantitative estimate of drug-likeness (QED) is 0.365. The van der Waals surface area contributed by atoms with Crippen molar-refractivity contribution in [1.82, 2.24) is 0 Å². The summed E-state index contributed by atoms with van der Waals surface area (Å²) in [6.45, 7) is 10.6. The molecule has 0 N–H and O–H groups in total. The molecule has 0 fully saturated rings. The second kappa shape index (κ2) is 9.05. The zero-order valence-corrected chi connectivity index (χ0v) is 10.2. The molecule has 0 nitrogen and oxygen atoms in total. The molecule has 0 amide bonds. The van der Waals surface area contributed by atoms with Gasteiger partial charge in [0.25, 0.3) is 0 Å². The Bertz CT molecular complexity index is 174. The SMILES string of the molecule is C=C(C)CC(=CCCCC)CCCC. The van der Waals surface area contributed by atoms with E-state index in [2.05, 4.69) is 33.4 Å². The molecule has 0 aliphatic rings. The molecule has 0 heterocycles. The predicted octanol–water partition coefficient (Wildman–Crippen LogP) is 5.26. The van der Waals surface area contributed by atoms with Gasteiger partial charge in [-0.1, -0.05) is 56.9 Å². The van der Waals surface area contributed by atoms with Crippen molar-refractivity contribution in [2.45, 2.75) is 65.7 Å². The fourth-order valence-electron chi connectivity index (χ4n) is 1.56. The lowest BCUT2D eigenvalue weighted by Crippen LogP contribution is -1.86. The fraction of sp³-hybridized carbons (Fsp3) is 0.714. The van der Waals surface area contributed by atoms with Gasteiger partial charge in [-0.25, -0.2) is 0 Å². The van der Waals surface area contributed by atoms with Crippen LogP contribution in [0.2, 0.25) is 0 Å². The van der Waals surface area contributed by atoms with Gasteiger partial charge in [0.15, 0.2) is 0 Å². The second-order valence-electron chi connectivity index (χ2n) is 4.24. The third kappa shape index (κ3) is 8.10. The van der Waals surface area contributed by atoms with Gasteiger partial charge in [-0.2, -0.15) is 0 Å². The van der Waals surface area contributed by atoms with Crippen LogP contribution in [0, 0.1) is 0 Å². The first-order valence-corrected chi connectivity index (χ1v) is 6.03. The van der Waals surface area contributed by atoms with E-state index in [0.717, 1.165) is 6.42 Å². The van der Waals surface area contributed by atoms with Crippen LogP contribution in [0.15, 0.2) is 23.8 Å². The molecule has 0 aliphatic heterocycles. The van der Waals surface area contributed by atoms with Crippen molar-refractivity contribution >= 4 is 0 Å². The Balaban J connectivity index is 3.94. The minimum Gasteiger partial charge on any atom is -0.0998 e. The topological polar surface area (TPSA) is 0 Å². The molecule has 0 heteroatoms. The molecular formula is C14H26. The number of hydrogen-bond donors (Lipinski definition) is 0. The van der Waals surface area contributed by atoms with Gasteiger partial charge < -0.3 is 0 Å². The van der Waals surface area contributed by atoms with E-state index in [1.165, 1.54) is 44.1 Å². The average Bonchev–Trinajstić information content (AvgIpc) is 2.13. The monoisotopic (exact) mass is 194 g/mol. The minimum absolute atomic E-state index is 1.11. The molecule has 0 aromatic carbocycles. The second-order valence-corrected chi connectivity index (χ2v) is 4.24. The van der Waals surface area contributed by atoms with Crippen molar-refractivity contribution in [3.05, 3.63) is 23.8 Å². The maximum absolute atomic E-state index is 3.99. The Morgan fingerprint density at radius 3 is 2.29 bits per heavy atom. The van der Waals surface area contributed by atoms with Crippen molar-refractivity contribution in [2.24, 2.45) is 0 Å². The lowest BCUT2D eigenvalue weighted by Gasteiger charge is -2.06. The maximum atomic E-state index is 3.99. The van der Waals surface area contributed by atoms with Crippen molar-refractivity contribution in [3.8, 4) is 0 Å². The maximum Gasteiger partial charge on any atom is -0.0114 e. The Morgan fingerprint density at radius 2 is 1.79 bits per heavy atom. The summed E-state index contributed by atoms with van der Waals surface area (Å²) < 4.78 is 0. The summed E-state index contributed by atoms with van der Waals surface area (Å²) in [6.07, 6.45) is 11.3. The first-order chi connectivity index (χ1) is 6.70. The summed E-state index contributed by atoms with van der Waals surface area (Å²) in [5.41, 5.74) is 2.90. The van der Waals surface area contributed by atoms with Crippen LogP contribution in [0.25, 0.3) is 0 Å². The Morgan fingerprint density at radius 1 is 1.14 bits per heavy atom. The summed E-state index contributed by atoms with van der Waals surface area (Å²) in [4.78, 5) is 0. The van der Waals surface area contributed by atoms with Gasteiger partial charge in [0.05, 0.1) is 0 Å². The van der Waals surface area contributed by atoms with Crippen molar-refractivity contribution < 1.29 is 0 Å². The van der Waals surface area contributed by atoms with Crippen LogP contribution in [0.5, 0.6) is 0 Å². The average molecular weight is 194 g/mol. The smallest absolute Gasteiger partial charge is 0.0114 e. The van der Waals surface area contributed by atoms with Gasteiger partial charge >= 0.3 is 0 Å². The molecule has 0 aromatic heterocycles. The summed E-state index contributed by atoms with van der Waals surface area (Å²) in [7, 11) is 0. The van der Waals surface area contributed by atoms with Crippen LogP contribution in [0.4, 0.5) is 0 Å². The highest BCUT2D eigenvalue weighted by molar-refractivity contribution is 5.11. The summed E-state index contributed by atoms with van der Waals surface area (Å²) in [5, 5.41) is 0. The van der Waals surface area contributed by atoms with Crippen LogP contribution in [0.3, 0.4) is 0 Å². The molecule has 0 unspecified atom stereocenters. The largest absolute Gasteiger partial charge is 0.0998 e. The first-order valence-electron chi connectivity index (χ1n) is 6.03. The third-order valence-electron chi connectivity index (χ3n) is 2.37. The number of allylic oxidation sites excluding steroid dienone is 3. The van der Waals surface area contributed by atoms with Gasteiger partial charge in [0.1, 0.15) is 0 Å². The molecule has 0 bridgehead atoms. The van der Waals surface area contributed by atoms with Crippen LogP contribution < -0.4 is 0 Å². The normalized spacial score (nSPS) is 11.8. The summed E-state index contributed by atoms with van der Waals surface area (Å²) >= 11 is 0. The molecule has 0 atom stereocenters. The van der Waals surface area contributed by atoms with Crippen molar-refractivity contribution in [2.75, 3.05) is 0 Å². The van der Waals surface area contributed by atoms with Crippen molar-refractivity contribution in [1.29, 1.82) is 0 Å². The molecule has 82 valence electrons. The van der Waals surface area contributed by atoms with E-state index < -0.39 is 0 Å². The van der Waals surface area contributed by atoms with E-state index >= 15 is 0 Å². The van der Waals surface area contributed by atoms with E-state index in [1.807, 2.05) is 0 Å². The van der Waals surface area contributed by atoms with Gasteiger partial charge in [-0.05, 0) is 32.6 Å².